The highest BCUT2D eigenvalue weighted by Crippen LogP contribution is 2.24. The van der Waals surface area contributed by atoms with E-state index in [0.717, 1.165) is 12.1 Å². The lowest BCUT2D eigenvalue weighted by Crippen LogP contribution is -2.35. The van der Waals surface area contributed by atoms with Crippen molar-refractivity contribution in [1.29, 1.82) is 0 Å². The number of carbonyl (C=O) groups is 1. The zero-order chi connectivity index (χ0) is 19.2. The quantitative estimate of drug-likeness (QED) is 0.600. The lowest BCUT2D eigenvalue weighted by molar-refractivity contribution is -0.384. The van der Waals surface area contributed by atoms with Crippen molar-refractivity contribution < 1.29 is 14.5 Å². The fourth-order valence-corrected chi connectivity index (χ4v) is 3.12. The molecule has 2 aromatic rings. The van der Waals surface area contributed by atoms with Gasteiger partial charge in [0, 0.05) is 55.3 Å². The second-order valence-corrected chi connectivity index (χ2v) is 6.40. The number of benzene rings is 2. The third-order valence-electron chi connectivity index (χ3n) is 4.46. The summed E-state index contributed by atoms with van der Waals surface area (Å²) >= 11 is 0. The maximum Gasteiger partial charge on any atom is 0.321 e. The molecule has 8 heteroatoms. The van der Waals surface area contributed by atoms with E-state index in [1.807, 2.05) is 30.3 Å². The first-order valence-electron chi connectivity index (χ1n) is 8.70. The fourth-order valence-electron chi connectivity index (χ4n) is 3.12. The van der Waals surface area contributed by atoms with E-state index in [1.165, 1.54) is 19.2 Å². The monoisotopic (exact) mass is 370 g/mol. The molecule has 2 amide bonds. The van der Waals surface area contributed by atoms with Crippen LogP contribution >= 0.6 is 0 Å². The molecule has 1 atom stereocenters. The van der Waals surface area contributed by atoms with E-state index in [4.69, 9.17) is 4.74 Å². The van der Waals surface area contributed by atoms with Crippen LogP contribution < -0.4 is 10.6 Å². The molecule has 8 nitrogen and oxygen atoms in total. The summed E-state index contributed by atoms with van der Waals surface area (Å²) in [5.41, 5.74) is 2.08. The molecule has 1 aliphatic rings. The highest BCUT2D eigenvalue weighted by Gasteiger charge is 2.26. The number of nitro groups is 1. The number of nitrogens with zero attached hydrogens (tertiary/aromatic N) is 2. The maximum absolute atomic E-state index is 12.6. The van der Waals surface area contributed by atoms with Gasteiger partial charge in [0.25, 0.3) is 5.69 Å². The van der Waals surface area contributed by atoms with Crippen LogP contribution in [0.2, 0.25) is 0 Å². The van der Waals surface area contributed by atoms with Gasteiger partial charge in [-0.25, -0.2) is 4.79 Å². The Balaban J connectivity index is 1.63. The van der Waals surface area contributed by atoms with Gasteiger partial charge >= 0.3 is 6.03 Å². The number of anilines is 2. The molecule has 1 fully saturated rings. The number of rotatable bonds is 6. The van der Waals surface area contributed by atoms with Gasteiger partial charge in [-0.15, -0.1) is 0 Å². The van der Waals surface area contributed by atoms with Gasteiger partial charge in [-0.2, -0.15) is 0 Å². The Labute approximate surface area is 157 Å². The molecular formula is C19H22N4O4. The summed E-state index contributed by atoms with van der Waals surface area (Å²) in [5.74, 6) is 0. The number of amides is 2. The van der Waals surface area contributed by atoms with Crippen molar-refractivity contribution in [2.45, 2.75) is 19.1 Å². The van der Waals surface area contributed by atoms with Crippen molar-refractivity contribution in [3.05, 3.63) is 64.2 Å². The number of nitrogens with one attached hydrogen (secondary N) is 2. The molecule has 1 heterocycles. The van der Waals surface area contributed by atoms with E-state index in [9.17, 15) is 14.9 Å². The zero-order valence-corrected chi connectivity index (χ0v) is 15.1. The molecule has 2 N–H and O–H groups in total. The second-order valence-electron chi connectivity index (χ2n) is 6.40. The Morgan fingerprint density at radius 1 is 1.30 bits per heavy atom. The maximum atomic E-state index is 12.6. The smallest absolute Gasteiger partial charge is 0.321 e. The van der Waals surface area contributed by atoms with E-state index in [0.29, 0.717) is 24.3 Å². The minimum Gasteiger partial charge on any atom is -0.380 e. The standard InChI is InChI=1S/C19H22N4O4/c1-27-13-14-11-17(23(25)26)7-8-18(14)21-19(24)22-10-9-16(12-22)20-15-5-3-2-4-6-15/h2-8,11,16,20H,9-10,12-13H2,1H3,(H,21,24)/t16-/m1/s1. The van der Waals surface area contributed by atoms with Crippen LogP contribution in [-0.2, 0) is 11.3 Å². The van der Waals surface area contributed by atoms with Gasteiger partial charge in [0.05, 0.1) is 11.5 Å². The van der Waals surface area contributed by atoms with Crippen molar-refractivity contribution in [2.24, 2.45) is 0 Å². The third-order valence-corrected chi connectivity index (χ3v) is 4.46. The van der Waals surface area contributed by atoms with E-state index >= 15 is 0 Å². The molecule has 1 aliphatic heterocycles. The molecule has 0 saturated carbocycles. The topological polar surface area (TPSA) is 96.7 Å². The minimum absolute atomic E-state index is 0.0339. The number of urea groups is 1. The van der Waals surface area contributed by atoms with Crippen LogP contribution in [-0.4, -0.2) is 42.1 Å². The third kappa shape index (κ3) is 4.73. The highest BCUT2D eigenvalue weighted by atomic mass is 16.6. The lowest BCUT2D eigenvalue weighted by Gasteiger charge is -2.19. The van der Waals surface area contributed by atoms with Gasteiger partial charge in [-0.1, -0.05) is 18.2 Å². The number of para-hydroxylation sites is 1. The van der Waals surface area contributed by atoms with Gasteiger partial charge in [0.2, 0.25) is 0 Å². The first-order chi connectivity index (χ1) is 13.1. The molecule has 1 saturated heterocycles. The fraction of sp³-hybridized carbons (Fsp3) is 0.316. The molecule has 0 bridgehead atoms. The van der Waals surface area contributed by atoms with Crippen LogP contribution in [0.3, 0.4) is 0 Å². The largest absolute Gasteiger partial charge is 0.380 e. The molecular weight excluding hydrogens is 348 g/mol. The van der Waals surface area contributed by atoms with Gasteiger partial charge in [-0.05, 0) is 24.6 Å². The summed E-state index contributed by atoms with van der Waals surface area (Å²) < 4.78 is 5.10. The predicted octanol–water partition coefficient (Wildman–Crippen LogP) is 3.46. The molecule has 0 unspecified atom stereocenters. The SMILES string of the molecule is COCc1cc([N+](=O)[O-])ccc1NC(=O)N1CC[C@@H](Nc2ccccc2)C1. The van der Waals surface area contributed by atoms with Gasteiger partial charge in [0.15, 0.2) is 0 Å². The molecule has 3 rings (SSSR count). The van der Waals surface area contributed by atoms with E-state index < -0.39 is 4.92 Å². The molecule has 142 valence electrons. The van der Waals surface area contributed by atoms with Crippen molar-refractivity contribution in [1.82, 2.24) is 4.90 Å². The number of hydrogen-bond donors (Lipinski definition) is 2. The average Bonchev–Trinajstić information content (AvgIpc) is 3.12. The molecule has 0 radical (unpaired) electrons. The predicted molar refractivity (Wildman–Crippen MR) is 103 cm³/mol. The Morgan fingerprint density at radius 3 is 2.78 bits per heavy atom. The Morgan fingerprint density at radius 2 is 2.07 bits per heavy atom. The second kappa shape index (κ2) is 8.50. The minimum atomic E-state index is -0.467. The summed E-state index contributed by atoms with van der Waals surface area (Å²) in [6.07, 6.45) is 0.855. The Bertz CT molecular complexity index is 813. The summed E-state index contributed by atoms with van der Waals surface area (Å²) in [5, 5.41) is 17.2. The number of nitro benzene ring substituents is 1. The first-order valence-corrected chi connectivity index (χ1v) is 8.70. The highest BCUT2D eigenvalue weighted by molar-refractivity contribution is 5.90. The summed E-state index contributed by atoms with van der Waals surface area (Å²) in [7, 11) is 1.50. The molecule has 0 aliphatic carbocycles. The number of hydrogen-bond acceptors (Lipinski definition) is 5. The number of likely N-dealkylation sites (tertiary alicyclic amines) is 1. The van der Waals surface area contributed by atoms with Crippen LogP contribution in [0.1, 0.15) is 12.0 Å². The van der Waals surface area contributed by atoms with Crippen molar-refractivity contribution in [2.75, 3.05) is 30.8 Å². The zero-order valence-electron chi connectivity index (χ0n) is 15.1. The lowest BCUT2D eigenvalue weighted by atomic mass is 10.1. The number of ether oxygens (including phenoxy) is 1. The number of non-ortho nitro benzene ring substituents is 1. The van der Waals surface area contributed by atoms with Crippen molar-refractivity contribution in [3.63, 3.8) is 0 Å². The molecule has 27 heavy (non-hydrogen) atoms. The molecule has 0 aromatic heterocycles. The molecule has 0 spiro atoms. The van der Waals surface area contributed by atoms with Crippen LogP contribution in [0.5, 0.6) is 0 Å². The van der Waals surface area contributed by atoms with Gasteiger partial charge in [0.1, 0.15) is 0 Å². The Hall–Kier alpha value is -3.13. The summed E-state index contributed by atoms with van der Waals surface area (Å²) in [4.78, 5) is 24.8. The summed E-state index contributed by atoms with van der Waals surface area (Å²) in [6, 6.07) is 14.2. The van der Waals surface area contributed by atoms with Crippen molar-refractivity contribution >= 4 is 23.1 Å². The van der Waals surface area contributed by atoms with Gasteiger partial charge in [-0.3, -0.25) is 10.1 Å². The van der Waals surface area contributed by atoms with Crippen LogP contribution in [0.4, 0.5) is 21.9 Å². The van der Waals surface area contributed by atoms with Crippen LogP contribution in [0.25, 0.3) is 0 Å². The first kappa shape index (κ1) is 18.7. The van der Waals surface area contributed by atoms with Crippen LogP contribution in [0, 0.1) is 10.1 Å². The van der Waals surface area contributed by atoms with E-state index in [2.05, 4.69) is 10.6 Å². The van der Waals surface area contributed by atoms with E-state index in [1.54, 1.807) is 11.0 Å². The van der Waals surface area contributed by atoms with Gasteiger partial charge < -0.3 is 20.3 Å². The average molecular weight is 370 g/mol. The van der Waals surface area contributed by atoms with E-state index in [-0.39, 0.29) is 24.4 Å². The summed E-state index contributed by atoms with van der Waals surface area (Å²) in [6.45, 7) is 1.41. The van der Waals surface area contributed by atoms with Crippen molar-refractivity contribution in [3.8, 4) is 0 Å². The van der Waals surface area contributed by atoms with Crippen LogP contribution in [0.15, 0.2) is 48.5 Å². The Kier molecular flexibility index (Phi) is 5.87. The number of methoxy groups -OCH3 is 1. The molecule has 2 aromatic carbocycles. The normalized spacial score (nSPS) is 16.2. The number of carbonyl (C=O) groups excluding carboxylic acids is 1.